The van der Waals surface area contributed by atoms with E-state index >= 15 is 0 Å². The van der Waals surface area contributed by atoms with E-state index in [4.69, 9.17) is 4.74 Å². The van der Waals surface area contributed by atoms with Crippen LogP contribution in [-0.2, 0) is 22.4 Å². The molecule has 1 aliphatic rings. The molecule has 31 heavy (non-hydrogen) atoms. The molecule has 4 rings (SSSR count). The lowest BCUT2D eigenvalue weighted by Gasteiger charge is -2.13. The molecular weight excluding hydrogens is 396 g/mol. The van der Waals surface area contributed by atoms with Crippen molar-refractivity contribution in [3.8, 4) is 5.69 Å². The molecule has 3 amide bonds. The molecule has 3 aromatic rings. The van der Waals surface area contributed by atoms with Gasteiger partial charge in [0.1, 0.15) is 0 Å². The van der Waals surface area contributed by atoms with Gasteiger partial charge in [-0.3, -0.25) is 10.1 Å². The van der Waals surface area contributed by atoms with Crippen LogP contribution in [0.25, 0.3) is 5.69 Å². The minimum absolute atomic E-state index is 0.213. The Hall–Kier alpha value is -3.94. The van der Waals surface area contributed by atoms with Crippen molar-refractivity contribution in [3.05, 3.63) is 77.6 Å². The zero-order chi connectivity index (χ0) is 21.8. The second-order valence-corrected chi connectivity index (χ2v) is 7.23. The highest BCUT2D eigenvalue weighted by atomic mass is 16.5. The number of hydrogen-bond acceptors (Lipinski definition) is 5. The molecule has 0 saturated carbocycles. The number of amides is 3. The quantitative estimate of drug-likeness (QED) is 0.619. The molecule has 8 nitrogen and oxygen atoms in total. The molecule has 1 aliphatic carbocycles. The molecule has 8 heteroatoms. The van der Waals surface area contributed by atoms with Crippen LogP contribution in [0.5, 0.6) is 0 Å². The molecule has 0 saturated heterocycles. The predicted octanol–water partition coefficient (Wildman–Crippen LogP) is 3.25. The molecule has 0 spiro atoms. The third-order valence-electron chi connectivity index (χ3n) is 5.05. The molecule has 0 fully saturated rings. The fourth-order valence-electron chi connectivity index (χ4n) is 3.55. The van der Waals surface area contributed by atoms with Crippen LogP contribution < -0.4 is 10.6 Å². The highest BCUT2D eigenvalue weighted by Crippen LogP contribution is 2.28. The smallest absolute Gasteiger partial charge is 0.359 e. The number of esters is 1. The van der Waals surface area contributed by atoms with E-state index < -0.39 is 24.0 Å². The maximum Gasteiger partial charge on any atom is 0.359 e. The lowest BCUT2D eigenvalue weighted by atomic mass is 10.2. The Morgan fingerprint density at radius 1 is 1.00 bits per heavy atom. The monoisotopic (exact) mass is 418 g/mol. The van der Waals surface area contributed by atoms with Gasteiger partial charge in [0.2, 0.25) is 0 Å². The van der Waals surface area contributed by atoms with Crippen LogP contribution in [0.3, 0.4) is 0 Å². The lowest BCUT2D eigenvalue weighted by molar-refractivity contribution is -0.127. The number of aromatic nitrogens is 2. The molecule has 1 unspecified atom stereocenters. The molecule has 0 aliphatic heterocycles. The van der Waals surface area contributed by atoms with Crippen molar-refractivity contribution >= 4 is 23.6 Å². The molecular formula is C23H22N4O4. The molecule has 2 N–H and O–H groups in total. The minimum atomic E-state index is -1.16. The topological polar surface area (TPSA) is 102 Å². The average molecular weight is 418 g/mol. The van der Waals surface area contributed by atoms with E-state index in [0.717, 1.165) is 36.2 Å². The van der Waals surface area contributed by atoms with Gasteiger partial charge in [-0.2, -0.15) is 5.10 Å². The van der Waals surface area contributed by atoms with Crippen LogP contribution in [0.1, 0.15) is 35.1 Å². The Kier molecular flexibility index (Phi) is 5.79. The van der Waals surface area contributed by atoms with E-state index in [9.17, 15) is 14.4 Å². The number of benzene rings is 2. The van der Waals surface area contributed by atoms with Crippen LogP contribution in [0, 0.1) is 0 Å². The number of imide groups is 1. The number of rotatable bonds is 5. The largest absolute Gasteiger partial charge is 0.448 e. The number of nitrogens with zero attached hydrogens (tertiary/aromatic N) is 2. The number of para-hydroxylation sites is 2. The number of ether oxygens (including phenoxy) is 1. The maximum atomic E-state index is 12.8. The van der Waals surface area contributed by atoms with Crippen LogP contribution in [0.15, 0.2) is 60.7 Å². The Labute approximate surface area is 179 Å². The Morgan fingerprint density at radius 2 is 1.68 bits per heavy atom. The number of urea groups is 1. The van der Waals surface area contributed by atoms with Crippen molar-refractivity contribution in [1.82, 2.24) is 15.1 Å². The highest BCUT2D eigenvalue weighted by Gasteiger charge is 2.30. The van der Waals surface area contributed by atoms with Crippen molar-refractivity contribution in [2.24, 2.45) is 0 Å². The zero-order valence-electron chi connectivity index (χ0n) is 17.0. The standard InChI is InChI=1S/C23H22N4O4/c1-15(21(28)25-23(30)24-16-9-4-2-5-10-16)31-22(29)20-18-13-8-14-19(18)27(26-20)17-11-6-3-7-12-17/h2-7,9-12,15H,8,13-14H2,1H3,(H2,24,25,28,30). The first-order valence-electron chi connectivity index (χ1n) is 10.1. The molecule has 1 aromatic heterocycles. The second kappa shape index (κ2) is 8.83. The molecule has 2 aromatic carbocycles. The number of carbonyl (C=O) groups is 3. The fraction of sp³-hybridized carbons (Fsp3) is 0.217. The fourth-order valence-corrected chi connectivity index (χ4v) is 3.55. The van der Waals surface area contributed by atoms with Crippen LogP contribution in [0.4, 0.5) is 10.5 Å². The third kappa shape index (κ3) is 4.48. The molecule has 0 bridgehead atoms. The summed E-state index contributed by atoms with van der Waals surface area (Å²) < 4.78 is 7.08. The van der Waals surface area contributed by atoms with E-state index in [-0.39, 0.29) is 5.69 Å². The van der Waals surface area contributed by atoms with Gasteiger partial charge in [-0.05, 0) is 50.5 Å². The summed E-state index contributed by atoms with van der Waals surface area (Å²) in [7, 11) is 0. The van der Waals surface area contributed by atoms with Gasteiger partial charge in [0, 0.05) is 16.9 Å². The van der Waals surface area contributed by atoms with Crippen molar-refractivity contribution in [3.63, 3.8) is 0 Å². The van der Waals surface area contributed by atoms with Gasteiger partial charge in [-0.25, -0.2) is 14.3 Å². The minimum Gasteiger partial charge on any atom is -0.448 e. The molecule has 0 radical (unpaired) electrons. The normalized spacial score (nSPS) is 13.2. The van der Waals surface area contributed by atoms with E-state index in [0.29, 0.717) is 5.69 Å². The first-order valence-corrected chi connectivity index (χ1v) is 10.1. The van der Waals surface area contributed by atoms with Crippen molar-refractivity contribution in [1.29, 1.82) is 0 Å². The lowest BCUT2D eigenvalue weighted by Crippen LogP contribution is -2.41. The molecule has 1 heterocycles. The number of nitrogens with one attached hydrogen (secondary N) is 2. The summed E-state index contributed by atoms with van der Waals surface area (Å²) in [5, 5.41) is 9.18. The first kappa shape index (κ1) is 20.3. The van der Waals surface area contributed by atoms with E-state index in [1.165, 1.54) is 6.92 Å². The maximum absolute atomic E-state index is 12.8. The Morgan fingerprint density at radius 3 is 2.39 bits per heavy atom. The zero-order valence-corrected chi connectivity index (χ0v) is 17.0. The average Bonchev–Trinajstić information content (AvgIpc) is 3.37. The van der Waals surface area contributed by atoms with Gasteiger partial charge in [0.05, 0.1) is 5.69 Å². The van der Waals surface area contributed by atoms with Gasteiger partial charge < -0.3 is 10.1 Å². The van der Waals surface area contributed by atoms with Crippen LogP contribution in [-0.4, -0.2) is 33.8 Å². The highest BCUT2D eigenvalue weighted by molar-refractivity contribution is 6.03. The van der Waals surface area contributed by atoms with E-state index in [1.807, 2.05) is 36.4 Å². The number of fused-ring (bicyclic) bond motifs is 1. The SMILES string of the molecule is CC(OC(=O)c1nn(-c2ccccc2)c2c1CCC2)C(=O)NC(=O)Nc1ccccc1. The van der Waals surface area contributed by atoms with Gasteiger partial charge in [0.15, 0.2) is 11.8 Å². The summed E-state index contributed by atoms with van der Waals surface area (Å²) in [6.07, 6.45) is 1.32. The van der Waals surface area contributed by atoms with Crippen molar-refractivity contribution in [2.75, 3.05) is 5.32 Å². The summed E-state index contributed by atoms with van der Waals surface area (Å²) in [5.74, 6) is -1.40. The van der Waals surface area contributed by atoms with Gasteiger partial charge in [-0.15, -0.1) is 0 Å². The van der Waals surface area contributed by atoms with E-state index in [1.54, 1.807) is 28.9 Å². The van der Waals surface area contributed by atoms with Gasteiger partial charge >= 0.3 is 12.0 Å². The Balaban J connectivity index is 1.42. The summed E-state index contributed by atoms with van der Waals surface area (Å²) in [5.41, 5.74) is 3.45. The van der Waals surface area contributed by atoms with Gasteiger partial charge in [-0.1, -0.05) is 36.4 Å². The Bertz CT molecular complexity index is 1110. The number of carbonyl (C=O) groups excluding carboxylic acids is 3. The third-order valence-corrected chi connectivity index (χ3v) is 5.05. The van der Waals surface area contributed by atoms with Crippen molar-refractivity contribution < 1.29 is 19.1 Å². The molecule has 1 atom stereocenters. The summed E-state index contributed by atoms with van der Waals surface area (Å²) in [6.45, 7) is 1.41. The number of anilines is 1. The summed E-state index contributed by atoms with van der Waals surface area (Å²) >= 11 is 0. The second-order valence-electron chi connectivity index (χ2n) is 7.23. The van der Waals surface area contributed by atoms with E-state index in [2.05, 4.69) is 15.7 Å². The van der Waals surface area contributed by atoms with Gasteiger partial charge in [0.25, 0.3) is 5.91 Å². The van der Waals surface area contributed by atoms with Crippen molar-refractivity contribution in [2.45, 2.75) is 32.3 Å². The predicted molar refractivity (Wildman–Crippen MR) is 114 cm³/mol. The van der Waals surface area contributed by atoms with Crippen LogP contribution in [0.2, 0.25) is 0 Å². The molecule has 158 valence electrons. The summed E-state index contributed by atoms with van der Waals surface area (Å²) in [4.78, 5) is 37.1. The number of hydrogen-bond donors (Lipinski definition) is 2. The first-order chi connectivity index (χ1) is 15.0. The summed E-state index contributed by atoms with van der Waals surface area (Å²) in [6, 6.07) is 17.6. The van der Waals surface area contributed by atoms with Crippen LogP contribution >= 0.6 is 0 Å².